The van der Waals surface area contributed by atoms with E-state index in [-0.39, 0.29) is 5.91 Å². The van der Waals surface area contributed by atoms with Gasteiger partial charge in [-0.3, -0.25) is 9.89 Å². The van der Waals surface area contributed by atoms with Crippen LogP contribution in [0.2, 0.25) is 0 Å². The van der Waals surface area contributed by atoms with Gasteiger partial charge < -0.3 is 10.2 Å². The van der Waals surface area contributed by atoms with Gasteiger partial charge >= 0.3 is 0 Å². The van der Waals surface area contributed by atoms with E-state index >= 15 is 0 Å². The number of nitrogens with one attached hydrogen (secondary N) is 2. The molecule has 2 heterocycles. The number of amides is 1. The maximum absolute atomic E-state index is 11.9. The number of rotatable bonds is 2. The molecule has 1 fully saturated rings. The van der Waals surface area contributed by atoms with Gasteiger partial charge in [0.15, 0.2) is 0 Å². The van der Waals surface area contributed by atoms with E-state index in [9.17, 15) is 4.79 Å². The molecule has 1 aliphatic rings. The third-order valence-corrected chi connectivity index (χ3v) is 3.69. The zero-order valence-corrected chi connectivity index (χ0v) is 11.3. The van der Waals surface area contributed by atoms with Gasteiger partial charge in [-0.15, -0.1) is 0 Å². The molecule has 0 bridgehead atoms. The Morgan fingerprint density at radius 3 is 2.88 bits per heavy atom. The van der Waals surface area contributed by atoms with Crippen LogP contribution in [0, 0.1) is 3.57 Å². The normalized spacial score (nSPS) is 18.6. The molecule has 0 spiro atoms. The van der Waals surface area contributed by atoms with Gasteiger partial charge in [0, 0.05) is 6.04 Å². The first-order valence-corrected chi connectivity index (χ1v) is 6.43. The summed E-state index contributed by atoms with van der Waals surface area (Å²) in [5, 5.41) is 9.61. The van der Waals surface area contributed by atoms with E-state index in [0.717, 1.165) is 29.5 Å². The zero-order valence-electron chi connectivity index (χ0n) is 9.16. The molecule has 2 rings (SSSR count). The summed E-state index contributed by atoms with van der Waals surface area (Å²) in [6.07, 6.45) is 3.70. The van der Waals surface area contributed by atoms with Crippen molar-refractivity contribution in [3.63, 3.8) is 0 Å². The molecule has 1 aromatic rings. The van der Waals surface area contributed by atoms with Crippen molar-refractivity contribution < 1.29 is 4.79 Å². The summed E-state index contributed by atoms with van der Waals surface area (Å²) in [5.41, 5.74) is 0.569. The van der Waals surface area contributed by atoms with Crippen LogP contribution >= 0.6 is 22.6 Å². The second kappa shape index (κ2) is 5.13. The third-order valence-electron chi connectivity index (χ3n) is 2.87. The van der Waals surface area contributed by atoms with Crippen molar-refractivity contribution in [3.05, 3.63) is 15.5 Å². The van der Waals surface area contributed by atoms with Gasteiger partial charge in [-0.25, -0.2) is 0 Å². The van der Waals surface area contributed by atoms with E-state index in [1.165, 1.54) is 0 Å². The first-order chi connectivity index (χ1) is 7.66. The number of nitrogens with zero attached hydrogens (tertiary/aromatic N) is 2. The number of halogens is 1. The highest BCUT2D eigenvalue weighted by atomic mass is 127. The molecule has 2 N–H and O–H groups in total. The Morgan fingerprint density at radius 2 is 2.31 bits per heavy atom. The van der Waals surface area contributed by atoms with Crippen molar-refractivity contribution in [1.82, 2.24) is 20.4 Å². The molecule has 1 aromatic heterocycles. The Morgan fingerprint density at radius 1 is 1.62 bits per heavy atom. The molecule has 0 saturated carbocycles. The Hall–Kier alpha value is -0.630. The van der Waals surface area contributed by atoms with Crippen LogP contribution in [0.1, 0.15) is 23.3 Å². The number of aromatic nitrogens is 2. The molecule has 88 valence electrons. The first kappa shape index (κ1) is 11.8. The zero-order chi connectivity index (χ0) is 11.5. The van der Waals surface area contributed by atoms with E-state index in [2.05, 4.69) is 50.1 Å². The number of likely N-dealkylation sites (tertiary alicyclic amines) is 1. The van der Waals surface area contributed by atoms with Crippen LogP contribution < -0.4 is 5.32 Å². The van der Waals surface area contributed by atoms with Crippen molar-refractivity contribution in [3.8, 4) is 0 Å². The fraction of sp³-hybridized carbons (Fsp3) is 0.600. The van der Waals surface area contributed by atoms with Crippen LogP contribution in [0.25, 0.3) is 0 Å². The van der Waals surface area contributed by atoms with Crippen molar-refractivity contribution in [2.24, 2.45) is 0 Å². The topological polar surface area (TPSA) is 61.0 Å². The minimum Gasteiger partial charge on any atom is -0.348 e. The lowest BCUT2D eigenvalue weighted by atomic mass is 10.1. The quantitative estimate of drug-likeness (QED) is 0.788. The van der Waals surface area contributed by atoms with Crippen molar-refractivity contribution in [2.45, 2.75) is 18.9 Å². The van der Waals surface area contributed by atoms with Gasteiger partial charge in [0.2, 0.25) is 0 Å². The van der Waals surface area contributed by atoms with Gasteiger partial charge in [0.1, 0.15) is 5.69 Å². The molecule has 1 saturated heterocycles. The number of H-pyrrole nitrogens is 1. The van der Waals surface area contributed by atoms with E-state index < -0.39 is 0 Å². The van der Waals surface area contributed by atoms with Gasteiger partial charge in [0.05, 0.1) is 9.77 Å². The van der Waals surface area contributed by atoms with Crippen LogP contribution in [-0.2, 0) is 0 Å². The molecule has 5 nitrogen and oxygen atoms in total. The average molecular weight is 334 g/mol. The Labute approximate surface area is 108 Å². The summed E-state index contributed by atoms with van der Waals surface area (Å²) < 4.78 is 0.864. The highest BCUT2D eigenvalue weighted by Crippen LogP contribution is 2.11. The molecule has 0 radical (unpaired) electrons. The average Bonchev–Trinajstić information content (AvgIpc) is 2.68. The minimum absolute atomic E-state index is 0.0450. The molecule has 0 aliphatic carbocycles. The summed E-state index contributed by atoms with van der Waals surface area (Å²) in [4.78, 5) is 14.2. The van der Waals surface area contributed by atoms with Crippen LogP contribution in [0.5, 0.6) is 0 Å². The number of aromatic amines is 1. The first-order valence-electron chi connectivity index (χ1n) is 5.35. The van der Waals surface area contributed by atoms with Gasteiger partial charge in [-0.05, 0) is 55.6 Å². The largest absolute Gasteiger partial charge is 0.348 e. The fourth-order valence-electron chi connectivity index (χ4n) is 1.84. The second-order valence-electron chi connectivity index (χ2n) is 4.14. The summed E-state index contributed by atoms with van der Waals surface area (Å²) in [5.74, 6) is -0.0450. The van der Waals surface area contributed by atoms with E-state index in [0.29, 0.717) is 11.7 Å². The van der Waals surface area contributed by atoms with E-state index in [4.69, 9.17) is 0 Å². The van der Waals surface area contributed by atoms with Gasteiger partial charge in [-0.1, -0.05) is 0 Å². The standard InChI is InChI=1S/C10H15IN4O/c1-15-4-2-7(3-5-15)13-10(16)9-8(11)6-12-14-9/h6-7H,2-5H2,1H3,(H,12,14)(H,13,16). The number of hydrogen-bond donors (Lipinski definition) is 2. The van der Waals surface area contributed by atoms with Gasteiger partial charge in [-0.2, -0.15) is 5.10 Å². The Kier molecular flexibility index (Phi) is 3.80. The number of piperidine rings is 1. The summed E-state index contributed by atoms with van der Waals surface area (Å²) in [6, 6.07) is 0.294. The molecule has 1 aliphatic heterocycles. The SMILES string of the molecule is CN1CCC(NC(=O)c2[nH]ncc2I)CC1. The molecular formula is C10H15IN4O. The van der Waals surface area contributed by atoms with Crippen LogP contribution in [0.15, 0.2) is 6.20 Å². The molecule has 16 heavy (non-hydrogen) atoms. The summed E-state index contributed by atoms with van der Waals surface area (Å²) in [7, 11) is 2.11. The Balaban J connectivity index is 1.91. The van der Waals surface area contributed by atoms with E-state index in [1.54, 1.807) is 6.20 Å². The van der Waals surface area contributed by atoms with Crippen molar-refractivity contribution in [1.29, 1.82) is 0 Å². The van der Waals surface area contributed by atoms with Crippen LogP contribution in [0.3, 0.4) is 0 Å². The minimum atomic E-state index is -0.0450. The summed E-state index contributed by atoms with van der Waals surface area (Å²) >= 11 is 2.11. The number of carbonyl (C=O) groups excluding carboxylic acids is 1. The molecular weight excluding hydrogens is 319 g/mol. The lowest BCUT2D eigenvalue weighted by Crippen LogP contribution is -2.43. The molecule has 0 unspecified atom stereocenters. The number of hydrogen-bond acceptors (Lipinski definition) is 3. The molecule has 0 aromatic carbocycles. The number of carbonyl (C=O) groups is 1. The predicted octanol–water partition coefficient (Wildman–Crippen LogP) is 0.838. The summed E-state index contributed by atoms with van der Waals surface area (Å²) in [6.45, 7) is 2.09. The third kappa shape index (κ3) is 2.73. The lowest BCUT2D eigenvalue weighted by molar-refractivity contribution is 0.0911. The monoisotopic (exact) mass is 334 g/mol. The van der Waals surface area contributed by atoms with Crippen LogP contribution in [0.4, 0.5) is 0 Å². The predicted molar refractivity (Wildman–Crippen MR) is 69.3 cm³/mol. The molecule has 6 heteroatoms. The Bertz CT molecular complexity index is 371. The highest BCUT2D eigenvalue weighted by Gasteiger charge is 2.20. The second-order valence-corrected chi connectivity index (χ2v) is 5.31. The van der Waals surface area contributed by atoms with Gasteiger partial charge in [0.25, 0.3) is 5.91 Å². The lowest BCUT2D eigenvalue weighted by Gasteiger charge is -2.29. The molecule has 1 amide bonds. The van der Waals surface area contributed by atoms with Crippen molar-refractivity contribution in [2.75, 3.05) is 20.1 Å². The van der Waals surface area contributed by atoms with Crippen molar-refractivity contribution >= 4 is 28.5 Å². The maximum Gasteiger partial charge on any atom is 0.270 e. The molecule has 0 atom stereocenters. The van der Waals surface area contributed by atoms with Crippen LogP contribution in [-0.4, -0.2) is 47.2 Å². The van der Waals surface area contributed by atoms with E-state index in [1.807, 2.05) is 0 Å². The maximum atomic E-state index is 11.9. The highest BCUT2D eigenvalue weighted by molar-refractivity contribution is 14.1. The fourth-order valence-corrected chi connectivity index (χ4v) is 2.35. The smallest absolute Gasteiger partial charge is 0.270 e.